The molecular formula is C18H24N2O. The first-order valence-corrected chi connectivity index (χ1v) is 7.69. The highest BCUT2D eigenvalue weighted by atomic mass is 16.1. The monoisotopic (exact) mass is 284 g/mol. The number of benzene rings is 1. The maximum absolute atomic E-state index is 12.9. The molecule has 112 valence electrons. The Hall–Kier alpha value is -1.90. The summed E-state index contributed by atoms with van der Waals surface area (Å²) >= 11 is 0. The zero-order chi connectivity index (χ0) is 15.3. The Morgan fingerprint density at radius 1 is 1.14 bits per heavy atom. The molecule has 1 heterocycles. The van der Waals surface area contributed by atoms with Crippen molar-refractivity contribution in [3.05, 3.63) is 53.9 Å². The number of Topliss-reactive ketones (excluding diaryl/α,β-unsaturated/α-hetero) is 1. The summed E-state index contributed by atoms with van der Waals surface area (Å²) in [6, 6.07) is 12.2. The molecule has 3 nitrogen and oxygen atoms in total. The minimum Gasteiger partial charge on any atom is -0.299 e. The van der Waals surface area contributed by atoms with Crippen molar-refractivity contribution in [2.75, 3.05) is 0 Å². The van der Waals surface area contributed by atoms with Gasteiger partial charge in [-0.25, -0.2) is 0 Å². The van der Waals surface area contributed by atoms with Crippen LogP contribution in [0.2, 0.25) is 0 Å². The smallest absolute Gasteiger partial charge is 0.143 e. The van der Waals surface area contributed by atoms with Gasteiger partial charge in [0.15, 0.2) is 0 Å². The minimum atomic E-state index is -0.347. The number of rotatable bonds is 7. The van der Waals surface area contributed by atoms with Crippen LogP contribution < -0.4 is 0 Å². The SMILES string of the molecule is CCC(CC)(C(=O)CCc1ccnn1C)c1ccccc1. The molecule has 0 N–H and O–H groups in total. The molecule has 0 saturated heterocycles. The quantitative estimate of drug-likeness (QED) is 0.777. The summed E-state index contributed by atoms with van der Waals surface area (Å²) < 4.78 is 1.84. The van der Waals surface area contributed by atoms with Gasteiger partial charge in [0, 0.05) is 25.4 Å². The summed E-state index contributed by atoms with van der Waals surface area (Å²) in [5, 5.41) is 4.16. The molecule has 1 aromatic heterocycles. The molecule has 0 unspecified atom stereocenters. The van der Waals surface area contributed by atoms with E-state index in [4.69, 9.17) is 0 Å². The van der Waals surface area contributed by atoms with Crippen LogP contribution in [0.1, 0.15) is 44.4 Å². The van der Waals surface area contributed by atoms with E-state index < -0.39 is 0 Å². The molecule has 0 bridgehead atoms. The van der Waals surface area contributed by atoms with Crippen molar-refractivity contribution in [3.63, 3.8) is 0 Å². The summed E-state index contributed by atoms with van der Waals surface area (Å²) in [6.07, 6.45) is 4.79. The van der Waals surface area contributed by atoms with Gasteiger partial charge in [-0.15, -0.1) is 0 Å². The third-order valence-corrected chi connectivity index (χ3v) is 4.60. The Kier molecular flexibility index (Phi) is 4.94. The molecule has 21 heavy (non-hydrogen) atoms. The summed E-state index contributed by atoms with van der Waals surface area (Å²) in [7, 11) is 1.92. The third kappa shape index (κ3) is 3.07. The normalized spacial score (nSPS) is 11.6. The molecule has 3 heteroatoms. The lowest BCUT2D eigenvalue weighted by Crippen LogP contribution is -2.35. The maximum Gasteiger partial charge on any atom is 0.143 e. The van der Waals surface area contributed by atoms with Crippen molar-refractivity contribution in [3.8, 4) is 0 Å². The van der Waals surface area contributed by atoms with Crippen molar-refractivity contribution in [1.82, 2.24) is 9.78 Å². The third-order valence-electron chi connectivity index (χ3n) is 4.60. The number of nitrogens with zero attached hydrogens (tertiary/aromatic N) is 2. The first-order valence-electron chi connectivity index (χ1n) is 7.69. The molecule has 0 spiro atoms. The van der Waals surface area contributed by atoms with E-state index in [0.717, 1.165) is 30.5 Å². The molecule has 0 atom stereocenters. The average molecular weight is 284 g/mol. The van der Waals surface area contributed by atoms with E-state index in [2.05, 4.69) is 31.1 Å². The van der Waals surface area contributed by atoms with E-state index in [-0.39, 0.29) is 5.41 Å². The van der Waals surface area contributed by atoms with E-state index in [0.29, 0.717) is 12.2 Å². The lowest BCUT2D eigenvalue weighted by molar-refractivity contribution is -0.125. The number of aryl methyl sites for hydroxylation is 2. The molecule has 2 rings (SSSR count). The number of carbonyl (C=O) groups excluding carboxylic acids is 1. The molecule has 0 radical (unpaired) electrons. The van der Waals surface area contributed by atoms with Gasteiger partial charge >= 0.3 is 0 Å². The van der Waals surface area contributed by atoms with Crippen LogP contribution >= 0.6 is 0 Å². The lowest BCUT2D eigenvalue weighted by atomic mass is 9.71. The van der Waals surface area contributed by atoms with Crippen molar-refractivity contribution in [1.29, 1.82) is 0 Å². The van der Waals surface area contributed by atoms with Gasteiger partial charge in [-0.3, -0.25) is 9.48 Å². The number of carbonyl (C=O) groups is 1. The topological polar surface area (TPSA) is 34.9 Å². The van der Waals surface area contributed by atoms with Crippen LogP contribution in [0.15, 0.2) is 42.6 Å². The van der Waals surface area contributed by atoms with Crippen molar-refractivity contribution >= 4 is 5.78 Å². The fourth-order valence-corrected chi connectivity index (χ4v) is 3.10. The molecule has 1 aromatic carbocycles. The van der Waals surface area contributed by atoms with Crippen molar-refractivity contribution < 1.29 is 4.79 Å². The molecule has 0 aliphatic rings. The minimum absolute atomic E-state index is 0.333. The average Bonchev–Trinajstić information content (AvgIpc) is 2.93. The van der Waals surface area contributed by atoms with E-state index in [9.17, 15) is 4.79 Å². The van der Waals surface area contributed by atoms with E-state index >= 15 is 0 Å². The Morgan fingerprint density at radius 2 is 1.81 bits per heavy atom. The van der Waals surface area contributed by atoms with Gasteiger partial charge in [-0.2, -0.15) is 5.10 Å². The van der Waals surface area contributed by atoms with Gasteiger partial charge in [0.1, 0.15) is 5.78 Å². The lowest BCUT2D eigenvalue weighted by Gasteiger charge is -2.31. The number of hydrogen-bond acceptors (Lipinski definition) is 2. The fraction of sp³-hybridized carbons (Fsp3) is 0.444. The fourth-order valence-electron chi connectivity index (χ4n) is 3.10. The van der Waals surface area contributed by atoms with Crippen LogP contribution in [0.4, 0.5) is 0 Å². The van der Waals surface area contributed by atoms with E-state index in [1.54, 1.807) is 6.20 Å². The van der Waals surface area contributed by atoms with Gasteiger partial charge < -0.3 is 0 Å². The largest absolute Gasteiger partial charge is 0.299 e. The van der Waals surface area contributed by atoms with Crippen LogP contribution in [-0.4, -0.2) is 15.6 Å². The Bertz CT molecular complexity index is 582. The summed E-state index contributed by atoms with van der Waals surface area (Å²) in [4.78, 5) is 12.9. The van der Waals surface area contributed by atoms with Gasteiger partial charge in [-0.1, -0.05) is 44.2 Å². The highest BCUT2D eigenvalue weighted by Gasteiger charge is 2.35. The highest BCUT2D eigenvalue weighted by Crippen LogP contribution is 2.34. The predicted octanol–water partition coefficient (Wildman–Crippen LogP) is 3.68. The number of hydrogen-bond donors (Lipinski definition) is 0. The van der Waals surface area contributed by atoms with Gasteiger partial charge in [0.2, 0.25) is 0 Å². The van der Waals surface area contributed by atoms with Gasteiger partial charge in [0.05, 0.1) is 5.41 Å². The zero-order valence-electron chi connectivity index (χ0n) is 13.2. The summed E-state index contributed by atoms with van der Waals surface area (Å²) in [6.45, 7) is 4.22. The number of ketones is 1. The van der Waals surface area contributed by atoms with Crippen LogP contribution in [0, 0.1) is 0 Å². The first-order chi connectivity index (χ1) is 10.1. The molecule has 0 aliphatic heterocycles. The van der Waals surface area contributed by atoms with Crippen LogP contribution in [-0.2, 0) is 23.7 Å². The molecule has 0 fully saturated rings. The standard InChI is InChI=1S/C18H24N2O/c1-4-18(5-2,15-9-7-6-8-10-15)17(21)12-11-16-13-14-19-20(16)3/h6-10,13-14H,4-5,11-12H2,1-3H3. The Balaban J connectivity index is 2.18. The first kappa shape index (κ1) is 15.5. The predicted molar refractivity (Wildman–Crippen MR) is 85.2 cm³/mol. The summed E-state index contributed by atoms with van der Waals surface area (Å²) in [5.74, 6) is 0.333. The zero-order valence-corrected chi connectivity index (χ0v) is 13.2. The molecule has 0 saturated carbocycles. The van der Waals surface area contributed by atoms with Crippen LogP contribution in [0.25, 0.3) is 0 Å². The Labute approximate surface area is 127 Å². The van der Waals surface area contributed by atoms with Crippen molar-refractivity contribution in [2.24, 2.45) is 7.05 Å². The highest BCUT2D eigenvalue weighted by molar-refractivity contribution is 5.90. The van der Waals surface area contributed by atoms with Gasteiger partial charge in [-0.05, 0) is 30.9 Å². The second-order valence-corrected chi connectivity index (χ2v) is 5.52. The van der Waals surface area contributed by atoms with Crippen molar-refractivity contribution in [2.45, 2.75) is 44.9 Å². The van der Waals surface area contributed by atoms with Crippen LogP contribution in [0.3, 0.4) is 0 Å². The Morgan fingerprint density at radius 3 is 2.33 bits per heavy atom. The number of aromatic nitrogens is 2. The molecule has 0 aliphatic carbocycles. The molecule has 0 amide bonds. The van der Waals surface area contributed by atoms with Gasteiger partial charge in [0.25, 0.3) is 0 Å². The summed E-state index contributed by atoms with van der Waals surface area (Å²) in [5.41, 5.74) is 1.90. The van der Waals surface area contributed by atoms with E-state index in [1.807, 2.05) is 36.0 Å². The second-order valence-electron chi connectivity index (χ2n) is 5.52. The molecule has 2 aromatic rings. The second kappa shape index (κ2) is 6.70. The van der Waals surface area contributed by atoms with Crippen LogP contribution in [0.5, 0.6) is 0 Å². The van der Waals surface area contributed by atoms with E-state index in [1.165, 1.54) is 0 Å². The molecular weight excluding hydrogens is 260 g/mol. The maximum atomic E-state index is 12.9.